The Morgan fingerprint density at radius 1 is 1.38 bits per heavy atom. The summed E-state index contributed by atoms with van der Waals surface area (Å²) in [6.07, 6.45) is 1.84. The van der Waals surface area contributed by atoms with E-state index in [2.05, 4.69) is 19.9 Å². The number of imidazole rings is 1. The maximum atomic E-state index is 4.50. The van der Waals surface area contributed by atoms with Gasteiger partial charge < -0.3 is 0 Å². The van der Waals surface area contributed by atoms with E-state index in [9.17, 15) is 0 Å². The third-order valence-corrected chi connectivity index (χ3v) is 3.60. The first-order chi connectivity index (χ1) is 6.22. The average Bonchev–Trinajstić information content (AvgIpc) is 2.43. The van der Waals surface area contributed by atoms with E-state index in [1.165, 1.54) is 0 Å². The van der Waals surface area contributed by atoms with Crippen molar-refractivity contribution in [2.24, 2.45) is 7.05 Å². The van der Waals surface area contributed by atoms with Crippen LogP contribution in [-0.2, 0) is 7.05 Å². The molecule has 0 radical (unpaired) electrons. The van der Waals surface area contributed by atoms with Gasteiger partial charge in [-0.1, -0.05) is 0 Å². The first-order valence-corrected chi connectivity index (χ1v) is 7.11. The summed E-state index contributed by atoms with van der Waals surface area (Å²) in [7, 11) is 1.97. The molecular formula is C8H10IN4-. The number of aryl methyl sites for hydroxylation is 2. The van der Waals surface area contributed by atoms with Crippen LogP contribution in [0.15, 0.2) is 6.20 Å². The zero-order valence-electron chi connectivity index (χ0n) is 7.74. The van der Waals surface area contributed by atoms with E-state index in [4.69, 9.17) is 0 Å². The second-order valence-electron chi connectivity index (χ2n) is 2.75. The Hall–Kier alpha value is -0.720. The number of fused-ring (bicyclic) bond motifs is 1. The third kappa shape index (κ3) is 1.41. The predicted octanol–water partition coefficient (Wildman–Crippen LogP) is -2.44. The Bertz CT molecular complexity index is 449. The molecule has 0 saturated heterocycles. The van der Waals surface area contributed by atoms with Gasteiger partial charge in [0.2, 0.25) is 0 Å². The second kappa shape index (κ2) is 3.21. The van der Waals surface area contributed by atoms with E-state index in [-0.39, 0.29) is 21.2 Å². The Balaban J connectivity index is 2.75. The van der Waals surface area contributed by atoms with Gasteiger partial charge in [0.1, 0.15) is 0 Å². The second-order valence-corrected chi connectivity index (χ2v) is 4.93. The molecule has 0 unspecified atom stereocenters. The van der Waals surface area contributed by atoms with Crippen molar-refractivity contribution in [1.29, 1.82) is 0 Å². The molecule has 0 aliphatic carbocycles. The molecule has 2 heterocycles. The van der Waals surface area contributed by atoms with Gasteiger partial charge in [0.15, 0.2) is 0 Å². The van der Waals surface area contributed by atoms with E-state index < -0.39 is 0 Å². The summed E-state index contributed by atoms with van der Waals surface area (Å²) >= 11 is 0.0163. The Morgan fingerprint density at radius 3 is 2.85 bits per heavy atom. The van der Waals surface area contributed by atoms with Crippen LogP contribution in [0.1, 0.15) is 5.82 Å². The summed E-state index contributed by atoms with van der Waals surface area (Å²) < 4.78 is 3.10. The van der Waals surface area contributed by atoms with Crippen LogP contribution >= 0.6 is 0 Å². The fraction of sp³-hybridized carbons (Fsp3) is 0.375. The topological polar surface area (TPSA) is 43.6 Å². The van der Waals surface area contributed by atoms with Crippen LogP contribution in [0.4, 0.5) is 0 Å². The normalized spacial score (nSPS) is 11.3. The summed E-state index contributed by atoms with van der Waals surface area (Å²) in [6, 6.07) is 0. The number of hydrogen-bond donors (Lipinski definition) is 0. The van der Waals surface area contributed by atoms with Crippen molar-refractivity contribution in [3.8, 4) is 0 Å². The summed E-state index contributed by atoms with van der Waals surface area (Å²) in [5.41, 5.74) is 1.65. The van der Waals surface area contributed by atoms with Crippen molar-refractivity contribution in [2.75, 3.05) is 4.93 Å². The van der Waals surface area contributed by atoms with Gasteiger partial charge in [0.05, 0.1) is 0 Å². The van der Waals surface area contributed by atoms with Crippen molar-refractivity contribution in [3.63, 3.8) is 0 Å². The fourth-order valence-corrected chi connectivity index (χ4v) is 2.02. The Kier molecular flexibility index (Phi) is 2.19. The molecule has 0 atom stereocenters. The number of aromatic nitrogens is 4. The molecule has 0 spiro atoms. The molecule has 2 aromatic heterocycles. The van der Waals surface area contributed by atoms with E-state index in [1.54, 1.807) is 0 Å². The third-order valence-electron chi connectivity index (χ3n) is 1.97. The zero-order chi connectivity index (χ0) is 9.42. The standard InChI is InChI=1S/C8H10IN4/c1-5-11-7-8(13(5)3)12-6(9-2)4-10-7/h4H,1-3H3/q-1. The first kappa shape index (κ1) is 8.86. The number of halogens is 1. The molecule has 0 aliphatic heterocycles. The number of rotatable bonds is 1. The average molecular weight is 289 g/mol. The Labute approximate surface area is 86.7 Å². The van der Waals surface area contributed by atoms with Gasteiger partial charge in [-0.25, -0.2) is 0 Å². The van der Waals surface area contributed by atoms with Crippen molar-refractivity contribution in [3.05, 3.63) is 15.7 Å². The van der Waals surface area contributed by atoms with Gasteiger partial charge in [0.25, 0.3) is 0 Å². The van der Waals surface area contributed by atoms with Crippen LogP contribution in [0.5, 0.6) is 0 Å². The molecule has 0 amide bonds. The number of nitrogens with zero attached hydrogens (tertiary/aromatic N) is 4. The van der Waals surface area contributed by atoms with Crippen molar-refractivity contribution < 1.29 is 21.2 Å². The molecule has 0 aliphatic rings. The van der Waals surface area contributed by atoms with E-state index in [0.29, 0.717) is 0 Å². The predicted molar refractivity (Wildman–Crippen MR) is 45.7 cm³/mol. The molecular weight excluding hydrogens is 279 g/mol. The quantitative estimate of drug-likeness (QED) is 0.433. The van der Waals surface area contributed by atoms with Crippen molar-refractivity contribution >= 4 is 11.3 Å². The van der Waals surface area contributed by atoms with Crippen molar-refractivity contribution in [2.45, 2.75) is 6.92 Å². The summed E-state index contributed by atoms with van der Waals surface area (Å²) in [5.74, 6) is 0.960. The van der Waals surface area contributed by atoms with Crippen LogP contribution in [0.2, 0.25) is 0 Å². The van der Waals surface area contributed by atoms with Crippen molar-refractivity contribution in [1.82, 2.24) is 19.5 Å². The Morgan fingerprint density at radius 2 is 2.15 bits per heavy atom. The summed E-state index contributed by atoms with van der Waals surface area (Å²) in [4.78, 5) is 15.2. The van der Waals surface area contributed by atoms with Crippen LogP contribution < -0.4 is 21.2 Å². The van der Waals surface area contributed by atoms with E-state index in [0.717, 1.165) is 20.8 Å². The molecule has 0 fully saturated rings. The molecule has 2 aromatic rings. The molecule has 0 N–H and O–H groups in total. The molecule has 4 nitrogen and oxygen atoms in total. The van der Waals surface area contributed by atoms with E-state index in [1.807, 2.05) is 24.7 Å². The van der Waals surface area contributed by atoms with Gasteiger partial charge >= 0.3 is 86.6 Å². The van der Waals surface area contributed by atoms with Gasteiger partial charge in [0, 0.05) is 0 Å². The molecule has 0 saturated carbocycles. The molecule has 0 aromatic carbocycles. The molecule has 13 heavy (non-hydrogen) atoms. The number of alkyl halides is 1. The monoisotopic (exact) mass is 289 g/mol. The molecule has 0 bridgehead atoms. The van der Waals surface area contributed by atoms with Gasteiger partial charge in [-0.15, -0.1) is 0 Å². The SMILES string of the molecule is C[I-]c1cnc2nc(C)n(C)c2n1. The van der Waals surface area contributed by atoms with Gasteiger partial charge in [-0.3, -0.25) is 0 Å². The number of hydrogen-bond acceptors (Lipinski definition) is 3. The minimum absolute atomic E-state index is 0.0163. The van der Waals surface area contributed by atoms with Crippen LogP contribution in [-0.4, -0.2) is 24.4 Å². The van der Waals surface area contributed by atoms with Gasteiger partial charge in [-0.2, -0.15) is 0 Å². The van der Waals surface area contributed by atoms with Gasteiger partial charge in [-0.05, 0) is 0 Å². The molecule has 2 rings (SSSR count). The summed E-state index contributed by atoms with van der Waals surface area (Å²) in [5, 5.41) is 0. The van der Waals surface area contributed by atoms with Crippen LogP contribution in [0, 0.1) is 10.6 Å². The molecule has 70 valence electrons. The molecule has 5 heteroatoms. The summed E-state index contributed by atoms with van der Waals surface area (Å²) in [6.45, 7) is 1.96. The van der Waals surface area contributed by atoms with Crippen LogP contribution in [0.3, 0.4) is 0 Å². The van der Waals surface area contributed by atoms with E-state index >= 15 is 0 Å². The van der Waals surface area contributed by atoms with Crippen LogP contribution in [0.25, 0.3) is 11.3 Å². The maximum absolute atomic E-state index is 4.50. The minimum atomic E-state index is 0.0163. The first-order valence-electron chi connectivity index (χ1n) is 3.88. The fourth-order valence-electron chi connectivity index (χ4n) is 1.13. The zero-order valence-corrected chi connectivity index (χ0v) is 9.90.